The van der Waals surface area contributed by atoms with E-state index in [0.717, 1.165) is 11.3 Å². The molecule has 0 aromatic rings. The molecule has 2 heteroatoms. The Balaban J connectivity index is 0. The van der Waals surface area contributed by atoms with Crippen molar-refractivity contribution >= 4 is 5.71 Å². The van der Waals surface area contributed by atoms with Crippen LogP contribution in [-0.4, -0.2) is 5.71 Å². The highest BCUT2D eigenvalue weighted by molar-refractivity contribution is 5.96. The van der Waals surface area contributed by atoms with Crippen LogP contribution in [0.2, 0.25) is 0 Å². The third-order valence-corrected chi connectivity index (χ3v) is 1.41. The number of nitrogens with one attached hydrogen (secondary N) is 1. The van der Waals surface area contributed by atoms with Crippen molar-refractivity contribution in [2.24, 2.45) is 11.7 Å². The molecule has 72 valence electrons. The first-order valence-corrected chi connectivity index (χ1v) is 4.48. The predicted octanol–water partition coefficient (Wildman–Crippen LogP) is 2.94. The standard InChI is InChI=1S/C8H16N2.C2H6/c1-5(2)8(6(3)9)7(4)10;1-2/h5,9H,10H2,1-4H3;1-2H3/b8-7-,9-6?;. The summed E-state index contributed by atoms with van der Waals surface area (Å²) in [6, 6.07) is 0. The summed E-state index contributed by atoms with van der Waals surface area (Å²) in [5.74, 6) is 0.363. The minimum Gasteiger partial charge on any atom is -0.402 e. The second-order valence-corrected chi connectivity index (χ2v) is 2.88. The Labute approximate surface area is 76.4 Å². The Kier molecular flexibility index (Phi) is 7.91. The van der Waals surface area contributed by atoms with Crippen LogP contribution in [-0.2, 0) is 0 Å². The fourth-order valence-electron chi connectivity index (χ4n) is 1.18. The van der Waals surface area contributed by atoms with Crippen LogP contribution >= 0.6 is 0 Å². The molecule has 0 aliphatic heterocycles. The van der Waals surface area contributed by atoms with Gasteiger partial charge in [0, 0.05) is 11.4 Å². The molecule has 2 nitrogen and oxygen atoms in total. The summed E-state index contributed by atoms with van der Waals surface area (Å²) < 4.78 is 0. The Bertz CT molecular complexity index is 163. The number of hydrogen-bond donors (Lipinski definition) is 2. The second-order valence-electron chi connectivity index (χ2n) is 2.88. The smallest absolute Gasteiger partial charge is 0.0334 e. The van der Waals surface area contributed by atoms with Gasteiger partial charge in [0.25, 0.3) is 0 Å². The first-order chi connectivity index (χ1) is 5.46. The van der Waals surface area contributed by atoms with Crippen LogP contribution in [0.4, 0.5) is 0 Å². The molecule has 0 amide bonds. The highest BCUT2D eigenvalue weighted by Gasteiger charge is 2.06. The SMILES string of the molecule is CC.CC(=N)/C(=C(/C)N)C(C)C. The topological polar surface area (TPSA) is 49.9 Å². The highest BCUT2D eigenvalue weighted by Crippen LogP contribution is 2.12. The van der Waals surface area contributed by atoms with Gasteiger partial charge in [0.15, 0.2) is 0 Å². The molecule has 0 fully saturated rings. The third kappa shape index (κ3) is 4.94. The van der Waals surface area contributed by atoms with Crippen LogP contribution in [0.3, 0.4) is 0 Å². The number of rotatable bonds is 2. The van der Waals surface area contributed by atoms with Crippen molar-refractivity contribution < 1.29 is 0 Å². The van der Waals surface area contributed by atoms with E-state index in [0.29, 0.717) is 11.6 Å². The lowest BCUT2D eigenvalue weighted by atomic mass is 9.98. The van der Waals surface area contributed by atoms with E-state index >= 15 is 0 Å². The molecule has 0 aliphatic rings. The van der Waals surface area contributed by atoms with Crippen molar-refractivity contribution in [2.75, 3.05) is 0 Å². The molecule has 3 N–H and O–H groups in total. The number of nitrogens with two attached hydrogens (primary N) is 1. The largest absolute Gasteiger partial charge is 0.402 e. The quantitative estimate of drug-likeness (QED) is 0.615. The van der Waals surface area contributed by atoms with Gasteiger partial charge in [0.2, 0.25) is 0 Å². The van der Waals surface area contributed by atoms with Crippen LogP contribution < -0.4 is 5.73 Å². The molecule has 0 spiro atoms. The molecule has 0 heterocycles. The van der Waals surface area contributed by atoms with Crippen molar-refractivity contribution in [3.8, 4) is 0 Å². The van der Waals surface area contributed by atoms with Gasteiger partial charge in [-0.3, -0.25) is 0 Å². The van der Waals surface area contributed by atoms with E-state index < -0.39 is 0 Å². The van der Waals surface area contributed by atoms with Crippen molar-refractivity contribution in [2.45, 2.75) is 41.5 Å². The molecule has 0 radical (unpaired) electrons. The zero-order chi connectivity index (χ0) is 10.3. The Hall–Kier alpha value is -0.790. The number of hydrogen-bond acceptors (Lipinski definition) is 2. The van der Waals surface area contributed by atoms with Gasteiger partial charge in [-0.05, 0) is 25.3 Å². The fraction of sp³-hybridized carbons (Fsp3) is 0.700. The van der Waals surface area contributed by atoms with E-state index in [9.17, 15) is 0 Å². The van der Waals surface area contributed by atoms with E-state index in [-0.39, 0.29) is 0 Å². The summed E-state index contributed by atoms with van der Waals surface area (Å²) in [7, 11) is 0. The van der Waals surface area contributed by atoms with Crippen molar-refractivity contribution in [3.63, 3.8) is 0 Å². The average molecular weight is 170 g/mol. The van der Waals surface area contributed by atoms with Crippen LogP contribution in [0, 0.1) is 11.3 Å². The second kappa shape index (κ2) is 6.89. The van der Waals surface area contributed by atoms with E-state index in [1.807, 2.05) is 34.6 Å². The summed E-state index contributed by atoms with van der Waals surface area (Å²) in [6.07, 6.45) is 0. The van der Waals surface area contributed by atoms with Crippen molar-refractivity contribution in [1.82, 2.24) is 0 Å². The van der Waals surface area contributed by atoms with E-state index in [4.69, 9.17) is 11.1 Å². The Morgan fingerprint density at radius 3 is 1.50 bits per heavy atom. The maximum absolute atomic E-state index is 7.37. The molecule has 0 rings (SSSR count). The highest BCUT2D eigenvalue weighted by atomic mass is 14.6. The first kappa shape index (κ1) is 13.8. The van der Waals surface area contributed by atoms with Crippen molar-refractivity contribution in [1.29, 1.82) is 5.41 Å². The van der Waals surface area contributed by atoms with Crippen LogP contribution in [0.15, 0.2) is 11.3 Å². The lowest BCUT2D eigenvalue weighted by molar-refractivity contribution is 0.786. The number of allylic oxidation sites excluding steroid dienone is 2. The summed E-state index contributed by atoms with van der Waals surface area (Å²) >= 11 is 0. The third-order valence-electron chi connectivity index (χ3n) is 1.41. The van der Waals surface area contributed by atoms with Crippen LogP contribution in [0.25, 0.3) is 0 Å². The van der Waals surface area contributed by atoms with Gasteiger partial charge < -0.3 is 11.1 Å². The zero-order valence-corrected chi connectivity index (χ0v) is 9.15. The van der Waals surface area contributed by atoms with E-state index in [2.05, 4.69) is 0 Å². The van der Waals surface area contributed by atoms with Gasteiger partial charge in [0.05, 0.1) is 0 Å². The minimum absolute atomic E-state index is 0.363. The van der Waals surface area contributed by atoms with Crippen LogP contribution in [0.5, 0.6) is 0 Å². The monoisotopic (exact) mass is 170 g/mol. The molecule has 12 heavy (non-hydrogen) atoms. The van der Waals surface area contributed by atoms with Gasteiger partial charge >= 0.3 is 0 Å². The molecule has 0 aromatic heterocycles. The van der Waals surface area contributed by atoms with Gasteiger partial charge in [-0.1, -0.05) is 27.7 Å². The molecule has 0 saturated carbocycles. The lowest BCUT2D eigenvalue weighted by Crippen LogP contribution is -2.10. The molecule has 0 atom stereocenters. The zero-order valence-electron chi connectivity index (χ0n) is 9.15. The Morgan fingerprint density at radius 2 is 1.50 bits per heavy atom. The molecular formula is C10H22N2. The maximum atomic E-state index is 7.37. The van der Waals surface area contributed by atoms with Crippen LogP contribution in [0.1, 0.15) is 41.5 Å². The molecule has 0 unspecified atom stereocenters. The van der Waals surface area contributed by atoms with Crippen molar-refractivity contribution in [3.05, 3.63) is 11.3 Å². The molecule has 0 saturated heterocycles. The molecule has 0 bridgehead atoms. The van der Waals surface area contributed by atoms with Gasteiger partial charge in [0.1, 0.15) is 0 Å². The summed E-state index contributed by atoms with van der Waals surface area (Å²) in [5, 5.41) is 7.37. The van der Waals surface area contributed by atoms with Gasteiger partial charge in [-0.2, -0.15) is 0 Å². The summed E-state index contributed by atoms with van der Waals surface area (Å²) in [4.78, 5) is 0. The van der Waals surface area contributed by atoms with Gasteiger partial charge in [-0.25, -0.2) is 0 Å². The summed E-state index contributed by atoms with van der Waals surface area (Å²) in [5.41, 5.74) is 7.89. The predicted molar refractivity (Wildman–Crippen MR) is 56.5 cm³/mol. The first-order valence-electron chi connectivity index (χ1n) is 4.48. The van der Waals surface area contributed by atoms with Gasteiger partial charge in [-0.15, -0.1) is 0 Å². The van der Waals surface area contributed by atoms with E-state index in [1.54, 1.807) is 6.92 Å². The minimum atomic E-state index is 0.363. The molecule has 0 aliphatic carbocycles. The summed E-state index contributed by atoms with van der Waals surface area (Å²) in [6.45, 7) is 11.7. The fourth-order valence-corrected chi connectivity index (χ4v) is 1.18. The van der Waals surface area contributed by atoms with E-state index in [1.165, 1.54) is 0 Å². The Morgan fingerprint density at radius 1 is 1.17 bits per heavy atom. The lowest BCUT2D eigenvalue weighted by Gasteiger charge is -2.10. The average Bonchev–Trinajstić information content (AvgIpc) is 1.88. The normalized spacial score (nSPS) is 11.6. The molecule has 0 aromatic carbocycles. The molecular weight excluding hydrogens is 148 g/mol. The maximum Gasteiger partial charge on any atom is 0.0334 e.